The van der Waals surface area contributed by atoms with Gasteiger partial charge in [-0.05, 0) is 24.5 Å². The molecule has 0 bridgehead atoms. The molecule has 156 valence electrons. The summed E-state index contributed by atoms with van der Waals surface area (Å²) in [6.07, 6.45) is -0.276. The molecule has 29 heavy (non-hydrogen) atoms. The number of amides is 2. The molecular formula is C19H24N4O6. The summed E-state index contributed by atoms with van der Waals surface area (Å²) in [7, 11) is 0. The first-order valence-corrected chi connectivity index (χ1v) is 9.04. The Morgan fingerprint density at radius 2 is 1.90 bits per heavy atom. The number of ether oxygens (including phenoxy) is 1. The molecular weight excluding hydrogens is 380 g/mol. The summed E-state index contributed by atoms with van der Waals surface area (Å²) in [5.74, 6) is -0.990. The normalized spacial score (nSPS) is 11.2. The van der Waals surface area contributed by atoms with Gasteiger partial charge in [-0.2, -0.15) is 0 Å². The SMILES string of the molecule is CC(C)CCOC(=O)N=NC(=O)c1ccccc1Nc1cc(O)n(CCO)c1O. The van der Waals surface area contributed by atoms with Crippen LogP contribution in [0.15, 0.2) is 40.6 Å². The molecule has 0 aliphatic carbocycles. The fourth-order valence-electron chi connectivity index (χ4n) is 2.41. The topological polar surface area (TPSA) is 146 Å². The summed E-state index contributed by atoms with van der Waals surface area (Å²) in [5.41, 5.74) is 0.502. The van der Waals surface area contributed by atoms with E-state index in [4.69, 9.17) is 9.84 Å². The molecule has 0 radical (unpaired) electrons. The van der Waals surface area contributed by atoms with Gasteiger partial charge in [0.15, 0.2) is 5.88 Å². The maximum atomic E-state index is 12.3. The van der Waals surface area contributed by atoms with Crippen LogP contribution in [0.1, 0.15) is 30.6 Å². The third-order valence-electron chi connectivity index (χ3n) is 3.94. The van der Waals surface area contributed by atoms with Crippen molar-refractivity contribution in [1.29, 1.82) is 0 Å². The van der Waals surface area contributed by atoms with Crippen molar-refractivity contribution in [1.82, 2.24) is 4.57 Å². The average Bonchev–Trinajstić information content (AvgIpc) is 2.94. The number of aliphatic hydroxyl groups excluding tert-OH is 1. The quantitative estimate of drug-likeness (QED) is 0.493. The van der Waals surface area contributed by atoms with E-state index in [1.54, 1.807) is 18.2 Å². The molecule has 0 spiro atoms. The number of carbonyl (C=O) groups excluding carboxylic acids is 2. The van der Waals surface area contributed by atoms with E-state index in [1.165, 1.54) is 12.1 Å². The standard InChI is InChI=1S/C19H24N4O6/c1-12(2)7-10-29-19(28)22-21-17(26)13-5-3-4-6-14(13)20-15-11-16(25)23(8-9-24)18(15)27/h3-6,11-12,20,24-25,27H,7-10H2,1-2H3. The van der Waals surface area contributed by atoms with Crippen LogP contribution in [-0.4, -0.2) is 45.1 Å². The summed E-state index contributed by atoms with van der Waals surface area (Å²) in [5, 5.41) is 38.5. The van der Waals surface area contributed by atoms with E-state index in [9.17, 15) is 19.8 Å². The number of para-hydroxylation sites is 1. The number of carbonyl (C=O) groups is 2. The van der Waals surface area contributed by atoms with E-state index in [1.807, 2.05) is 13.8 Å². The first kappa shape index (κ1) is 21.9. The van der Waals surface area contributed by atoms with Crippen molar-refractivity contribution in [3.8, 4) is 11.8 Å². The minimum Gasteiger partial charge on any atom is -0.494 e. The predicted octanol–water partition coefficient (Wildman–Crippen LogP) is 3.41. The van der Waals surface area contributed by atoms with Gasteiger partial charge in [0, 0.05) is 6.07 Å². The zero-order valence-electron chi connectivity index (χ0n) is 16.2. The maximum Gasteiger partial charge on any atom is 0.452 e. The molecule has 1 aromatic heterocycles. The Balaban J connectivity index is 2.12. The van der Waals surface area contributed by atoms with Crippen LogP contribution in [0, 0.1) is 5.92 Å². The minimum atomic E-state index is -0.951. The third kappa shape index (κ3) is 6.04. The lowest BCUT2D eigenvalue weighted by Gasteiger charge is -2.09. The smallest absolute Gasteiger partial charge is 0.452 e. The molecule has 1 aromatic carbocycles. The van der Waals surface area contributed by atoms with Crippen molar-refractivity contribution in [2.24, 2.45) is 16.1 Å². The average molecular weight is 404 g/mol. The number of aromatic hydroxyl groups is 2. The maximum absolute atomic E-state index is 12.3. The van der Waals surface area contributed by atoms with Gasteiger partial charge < -0.3 is 25.4 Å². The van der Waals surface area contributed by atoms with Crippen molar-refractivity contribution in [3.05, 3.63) is 35.9 Å². The molecule has 1 heterocycles. The highest BCUT2D eigenvalue weighted by Crippen LogP contribution is 2.35. The second kappa shape index (κ2) is 10.2. The lowest BCUT2D eigenvalue weighted by atomic mass is 10.1. The van der Waals surface area contributed by atoms with Crippen LogP contribution in [0.25, 0.3) is 0 Å². The highest BCUT2D eigenvalue weighted by atomic mass is 16.5. The highest BCUT2D eigenvalue weighted by Gasteiger charge is 2.17. The molecule has 2 rings (SSSR count). The van der Waals surface area contributed by atoms with Crippen LogP contribution in [0.5, 0.6) is 11.8 Å². The van der Waals surface area contributed by atoms with Gasteiger partial charge in [0.25, 0.3) is 5.91 Å². The summed E-state index contributed by atoms with van der Waals surface area (Å²) in [6, 6.07) is 7.53. The molecule has 2 amide bonds. The Hall–Kier alpha value is -3.40. The van der Waals surface area contributed by atoms with Crippen LogP contribution in [0.4, 0.5) is 16.2 Å². The summed E-state index contributed by atoms with van der Waals surface area (Å²) in [6.45, 7) is 3.87. The Morgan fingerprint density at radius 1 is 1.17 bits per heavy atom. The Labute approximate surface area is 167 Å². The monoisotopic (exact) mass is 404 g/mol. The van der Waals surface area contributed by atoms with Crippen molar-refractivity contribution < 1.29 is 29.6 Å². The number of anilines is 2. The Kier molecular flexibility index (Phi) is 7.72. The van der Waals surface area contributed by atoms with Gasteiger partial charge in [-0.15, -0.1) is 0 Å². The summed E-state index contributed by atoms with van der Waals surface area (Å²) < 4.78 is 5.97. The van der Waals surface area contributed by atoms with E-state index in [-0.39, 0.29) is 48.5 Å². The van der Waals surface area contributed by atoms with Crippen molar-refractivity contribution >= 4 is 23.4 Å². The molecule has 10 heteroatoms. The molecule has 0 fully saturated rings. The number of aliphatic hydroxyl groups is 1. The number of hydrogen-bond donors (Lipinski definition) is 4. The molecule has 0 saturated carbocycles. The van der Waals surface area contributed by atoms with Gasteiger partial charge in [0.2, 0.25) is 5.88 Å². The van der Waals surface area contributed by atoms with Gasteiger partial charge in [-0.3, -0.25) is 9.36 Å². The van der Waals surface area contributed by atoms with Crippen molar-refractivity contribution in [2.45, 2.75) is 26.8 Å². The molecule has 4 N–H and O–H groups in total. The first-order valence-electron chi connectivity index (χ1n) is 9.04. The lowest BCUT2D eigenvalue weighted by molar-refractivity contribution is 0.0987. The lowest BCUT2D eigenvalue weighted by Crippen LogP contribution is -2.05. The van der Waals surface area contributed by atoms with Gasteiger partial charge in [0.1, 0.15) is 5.69 Å². The molecule has 0 atom stereocenters. The van der Waals surface area contributed by atoms with Crippen molar-refractivity contribution in [3.63, 3.8) is 0 Å². The molecule has 0 aliphatic heterocycles. The second-order valence-corrected chi connectivity index (χ2v) is 6.59. The Morgan fingerprint density at radius 3 is 2.59 bits per heavy atom. The van der Waals surface area contributed by atoms with Gasteiger partial charge in [0.05, 0.1) is 31.0 Å². The largest absolute Gasteiger partial charge is 0.494 e. The number of benzene rings is 1. The zero-order chi connectivity index (χ0) is 21.4. The number of hydrogen-bond acceptors (Lipinski definition) is 7. The number of azo groups is 1. The second-order valence-electron chi connectivity index (χ2n) is 6.59. The predicted molar refractivity (Wildman–Crippen MR) is 105 cm³/mol. The Bertz CT molecular complexity index is 891. The fourth-order valence-corrected chi connectivity index (χ4v) is 2.41. The molecule has 0 saturated heterocycles. The van der Waals surface area contributed by atoms with E-state index >= 15 is 0 Å². The van der Waals surface area contributed by atoms with Crippen LogP contribution in [-0.2, 0) is 11.3 Å². The number of nitrogens with one attached hydrogen (secondary N) is 1. The number of rotatable bonds is 8. The summed E-state index contributed by atoms with van der Waals surface area (Å²) in [4.78, 5) is 23.9. The summed E-state index contributed by atoms with van der Waals surface area (Å²) >= 11 is 0. The van der Waals surface area contributed by atoms with E-state index in [2.05, 4.69) is 15.5 Å². The van der Waals surface area contributed by atoms with Crippen LogP contribution in [0.2, 0.25) is 0 Å². The third-order valence-corrected chi connectivity index (χ3v) is 3.94. The molecule has 0 unspecified atom stereocenters. The fraction of sp³-hybridized carbons (Fsp3) is 0.368. The zero-order valence-corrected chi connectivity index (χ0v) is 16.2. The minimum absolute atomic E-state index is 0.00689. The van der Waals surface area contributed by atoms with Crippen LogP contribution >= 0.6 is 0 Å². The van der Waals surface area contributed by atoms with Gasteiger partial charge in [-0.1, -0.05) is 36.2 Å². The number of aromatic nitrogens is 1. The van der Waals surface area contributed by atoms with Crippen LogP contribution < -0.4 is 5.32 Å². The van der Waals surface area contributed by atoms with E-state index in [0.717, 1.165) is 4.57 Å². The first-order chi connectivity index (χ1) is 13.8. The van der Waals surface area contributed by atoms with Crippen LogP contribution in [0.3, 0.4) is 0 Å². The van der Waals surface area contributed by atoms with E-state index in [0.29, 0.717) is 12.3 Å². The molecule has 0 aliphatic rings. The van der Waals surface area contributed by atoms with Gasteiger partial charge >= 0.3 is 6.09 Å². The molecule has 10 nitrogen and oxygen atoms in total. The van der Waals surface area contributed by atoms with Crippen molar-refractivity contribution in [2.75, 3.05) is 18.5 Å². The van der Waals surface area contributed by atoms with E-state index < -0.39 is 12.0 Å². The van der Waals surface area contributed by atoms with Gasteiger partial charge in [-0.25, -0.2) is 4.79 Å². The number of nitrogens with zero attached hydrogens (tertiary/aromatic N) is 3. The molecule has 2 aromatic rings. The highest BCUT2D eigenvalue weighted by molar-refractivity contribution is 6.01.